The molecule has 1 heterocycles. The van der Waals surface area contributed by atoms with Crippen LogP contribution in [0, 0.1) is 13.8 Å². The van der Waals surface area contributed by atoms with E-state index in [1.807, 2.05) is 86.6 Å². The van der Waals surface area contributed by atoms with E-state index in [0.717, 1.165) is 33.7 Å². The molecule has 1 aliphatic heterocycles. The predicted octanol–water partition coefficient (Wildman–Crippen LogP) is 4.75. The fourth-order valence-corrected chi connectivity index (χ4v) is 3.70. The van der Waals surface area contributed by atoms with E-state index in [1.165, 1.54) is 4.90 Å². The summed E-state index contributed by atoms with van der Waals surface area (Å²) in [7, 11) is 1.62. The highest BCUT2D eigenvalue weighted by molar-refractivity contribution is 6.36. The van der Waals surface area contributed by atoms with Gasteiger partial charge in [0.25, 0.3) is 11.8 Å². The number of carbonyl (C=O) groups excluding carboxylic acids is 2. The molecular formula is C27H26N2O3. The van der Waals surface area contributed by atoms with Crippen LogP contribution in [-0.4, -0.2) is 30.4 Å². The zero-order valence-corrected chi connectivity index (χ0v) is 18.5. The van der Waals surface area contributed by atoms with Gasteiger partial charge in [-0.15, -0.1) is 0 Å². The maximum absolute atomic E-state index is 13.4. The lowest BCUT2D eigenvalue weighted by atomic mass is 10.0. The monoisotopic (exact) mass is 426 g/mol. The molecule has 0 aliphatic carbocycles. The van der Waals surface area contributed by atoms with Crippen molar-refractivity contribution in [1.29, 1.82) is 0 Å². The first-order chi connectivity index (χ1) is 15.5. The Balaban J connectivity index is 1.62. The summed E-state index contributed by atoms with van der Waals surface area (Å²) in [6.45, 7) is 4.30. The van der Waals surface area contributed by atoms with Gasteiger partial charge >= 0.3 is 0 Å². The molecule has 0 unspecified atom stereocenters. The van der Waals surface area contributed by atoms with E-state index in [2.05, 4.69) is 5.32 Å². The van der Waals surface area contributed by atoms with Crippen LogP contribution in [0.15, 0.2) is 78.5 Å². The number of methoxy groups -OCH3 is 1. The van der Waals surface area contributed by atoms with Gasteiger partial charge in [0.15, 0.2) is 0 Å². The Bertz CT molecular complexity index is 1160. The van der Waals surface area contributed by atoms with Gasteiger partial charge in [0.2, 0.25) is 0 Å². The molecular weight excluding hydrogens is 400 g/mol. The zero-order chi connectivity index (χ0) is 22.7. The number of anilines is 1. The average molecular weight is 427 g/mol. The number of benzene rings is 3. The van der Waals surface area contributed by atoms with Gasteiger partial charge in [-0.25, -0.2) is 0 Å². The van der Waals surface area contributed by atoms with Gasteiger partial charge in [0.1, 0.15) is 11.4 Å². The summed E-state index contributed by atoms with van der Waals surface area (Å²) in [6.07, 6.45) is 0.570. The number of carbonyl (C=O) groups is 2. The standard InChI is InChI=1S/C27H26N2O3/c1-18-4-10-21(11-5-18)24-25(28-22-12-6-19(2)7-13-22)27(31)29(26(24)30)17-16-20-8-14-23(32-3)15-9-20/h4-15,28H,16-17H2,1-3H3. The fourth-order valence-electron chi connectivity index (χ4n) is 3.70. The molecule has 32 heavy (non-hydrogen) atoms. The highest BCUT2D eigenvalue weighted by Crippen LogP contribution is 2.31. The molecule has 5 nitrogen and oxygen atoms in total. The van der Waals surface area contributed by atoms with Gasteiger partial charge in [0, 0.05) is 12.2 Å². The first kappa shape index (κ1) is 21.4. The topological polar surface area (TPSA) is 58.6 Å². The van der Waals surface area contributed by atoms with Crippen LogP contribution in [0.1, 0.15) is 22.3 Å². The van der Waals surface area contributed by atoms with Crippen molar-refractivity contribution in [2.75, 3.05) is 19.0 Å². The van der Waals surface area contributed by atoms with E-state index in [0.29, 0.717) is 24.2 Å². The number of imide groups is 1. The molecule has 0 fully saturated rings. The Morgan fingerprint density at radius 3 is 1.97 bits per heavy atom. The molecule has 162 valence electrons. The van der Waals surface area contributed by atoms with E-state index in [9.17, 15) is 9.59 Å². The van der Waals surface area contributed by atoms with Crippen molar-refractivity contribution >= 4 is 23.1 Å². The molecule has 0 atom stereocenters. The molecule has 0 saturated carbocycles. The lowest BCUT2D eigenvalue weighted by Gasteiger charge is -2.15. The van der Waals surface area contributed by atoms with Gasteiger partial charge in [0.05, 0.1) is 12.7 Å². The lowest BCUT2D eigenvalue weighted by Crippen LogP contribution is -2.34. The minimum absolute atomic E-state index is 0.276. The summed E-state index contributed by atoms with van der Waals surface area (Å²) in [4.78, 5) is 28.0. The summed E-state index contributed by atoms with van der Waals surface area (Å²) in [6, 6.07) is 23.1. The van der Waals surface area contributed by atoms with Gasteiger partial charge in [-0.3, -0.25) is 14.5 Å². The third kappa shape index (κ3) is 4.42. The van der Waals surface area contributed by atoms with Crippen molar-refractivity contribution in [2.24, 2.45) is 0 Å². The van der Waals surface area contributed by atoms with Gasteiger partial charge < -0.3 is 10.1 Å². The number of hydrogen-bond donors (Lipinski definition) is 1. The van der Waals surface area contributed by atoms with Crippen molar-refractivity contribution < 1.29 is 14.3 Å². The number of aryl methyl sites for hydroxylation is 2. The SMILES string of the molecule is COc1ccc(CCN2C(=O)C(Nc3ccc(C)cc3)=C(c3ccc(C)cc3)C2=O)cc1. The van der Waals surface area contributed by atoms with Gasteiger partial charge in [-0.05, 0) is 55.7 Å². The summed E-state index contributed by atoms with van der Waals surface area (Å²) in [5.74, 6) is 0.191. The van der Waals surface area contributed by atoms with Crippen LogP contribution in [0.4, 0.5) is 5.69 Å². The number of rotatable bonds is 7. The van der Waals surface area contributed by atoms with E-state index in [1.54, 1.807) is 7.11 Å². The van der Waals surface area contributed by atoms with Crippen LogP contribution < -0.4 is 10.1 Å². The number of ether oxygens (including phenoxy) is 1. The zero-order valence-electron chi connectivity index (χ0n) is 18.5. The number of nitrogens with one attached hydrogen (secondary N) is 1. The second-order valence-electron chi connectivity index (χ2n) is 7.97. The van der Waals surface area contributed by atoms with E-state index in [4.69, 9.17) is 4.74 Å². The van der Waals surface area contributed by atoms with Crippen LogP contribution in [0.5, 0.6) is 5.75 Å². The molecule has 0 aromatic heterocycles. The van der Waals surface area contributed by atoms with Crippen molar-refractivity contribution in [3.8, 4) is 5.75 Å². The molecule has 0 spiro atoms. The van der Waals surface area contributed by atoms with Crippen molar-refractivity contribution in [1.82, 2.24) is 4.90 Å². The lowest BCUT2D eigenvalue weighted by molar-refractivity contribution is -0.136. The Hall–Kier alpha value is -3.86. The molecule has 0 bridgehead atoms. The minimum Gasteiger partial charge on any atom is -0.497 e. The van der Waals surface area contributed by atoms with E-state index >= 15 is 0 Å². The Kier molecular flexibility index (Phi) is 6.08. The van der Waals surface area contributed by atoms with Crippen LogP contribution in [0.25, 0.3) is 5.57 Å². The first-order valence-electron chi connectivity index (χ1n) is 10.6. The molecule has 1 N–H and O–H groups in total. The largest absolute Gasteiger partial charge is 0.497 e. The highest BCUT2D eigenvalue weighted by atomic mass is 16.5. The smallest absolute Gasteiger partial charge is 0.278 e. The fraction of sp³-hybridized carbons (Fsp3) is 0.185. The second-order valence-corrected chi connectivity index (χ2v) is 7.97. The molecule has 0 radical (unpaired) electrons. The average Bonchev–Trinajstić information content (AvgIpc) is 3.04. The molecule has 3 aromatic rings. The van der Waals surface area contributed by atoms with Gasteiger partial charge in [-0.1, -0.05) is 59.7 Å². The number of amides is 2. The Morgan fingerprint density at radius 2 is 1.38 bits per heavy atom. The maximum atomic E-state index is 13.4. The summed E-state index contributed by atoms with van der Waals surface area (Å²) >= 11 is 0. The normalized spacial score (nSPS) is 13.7. The summed E-state index contributed by atoms with van der Waals surface area (Å²) < 4.78 is 5.20. The molecule has 4 rings (SSSR count). The summed E-state index contributed by atoms with van der Waals surface area (Å²) in [5, 5.41) is 3.21. The third-order valence-corrected chi connectivity index (χ3v) is 5.61. The summed E-state index contributed by atoms with van der Waals surface area (Å²) in [5.41, 5.74) is 5.48. The molecule has 1 aliphatic rings. The molecule has 3 aromatic carbocycles. The van der Waals surface area contributed by atoms with E-state index in [-0.39, 0.29) is 11.8 Å². The molecule has 2 amide bonds. The van der Waals surface area contributed by atoms with Gasteiger partial charge in [-0.2, -0.15) is 0 Å². The van der Waals surface area contributed by atoms with Crippen LogP contribution in [-0.2, 0) is 16.0 Å². The highest BCUT2D eigenvalue weighted by Gasteiger charge is 2.38. The second kappa shape index (κ2) is 9.10. The van der Waals surface area contributed by atoms with Crippen molar-refractivity contribution in [3.05, 3.63) is 101 Å². The van der Waals surface area contributed by atoms with Crippen molar-refractivity contribution in [2.45, 2.75) is 20.3 Å². The van der Waals surface area contributed by atoms with Crippen LogP contribution in [0.2, 0.25) is 0 Å². The molecule has 5 heteroatoms. The van der Waals surface area contributed by atoms with Crippen molar-refractivity contribution in [3.63, 3.8) is 0 Å². The Morgan fingerprint density at radius 1 is 0.781 bits per heavy atom. The third-order valence-electron chi connectivity index (χ3n) is 5.61. The van der Waals surface area contributed by atoms with Crippen LogP contribution in [0.3, 0.4) is 0 Å². The Labute approximate surface area is 188 Å². The predicted molar refractivity (Wildman–Crippen MR) is 126 cm³/mol. The minimum atomic E-state index is -0.306. The maximum Gasteiger partial charge on any atom is 0.278 e. The van der Waals surface area contributed by atoms with Crippen LogP contribution >= 0.6 is 0 Å². The number of hydrogen-bond acceptors (Lipinski definition) is 4. The first-order valence-corrected chi connectivity index (χ1v) is 10.6. The number of nitrogens with zero attached hydrogens (tertiary/aromatic N) is 1. The quantitative estimate of drug-likeness (QED) is 0.554. The van der Waals surface area contributed by atoms with E-state index < -0.39 is 0 Å². The molecule has 0 saturated heterocycles.